The molecule has 2 fully saturated rings. The van der Waals surface area contributed by atoms with Gasteiger partial charge in [0.05, 0.1) is 13.2 Å². The van der Waals surface area contributed by atoms with E-state index in [-0.39, 0.29) is 12.1 Å². The average Bonchev–Trinajstić information content (AvgIpc) is 3.22. The third kappa shape index (κ3) is 3.88. The van der Waals surface area contributed by atoms with Crippen LogP contribution in [0.4, 0.5) is 10.5 Å². The summed E-state index contributed by atoms with van der Waals surface area (Å²) in [7, 11) is 1.62. The molecule has 1 aromatic rings. The van der Waals surface area contributed by atoms with Crippen LogP contribution in [0.1, 0.15) is 19.3 Å². The number of likely N-dealkylation sites (tertiary alicyclic amines) is 1. The van der Waals surface area contributed by atoms with Crippen LogP contribution < -0.4 is 10.1 Å². The first-order valence-electron chi connectivity index (χ1n) is 7.56. The third-order valence-corrected chi connectivity index (χ3v) is 4.04. The number of ether oxygens (including phenoxy) is 2. The number of hydrogen-bond donors (Lipinski definition) is 1. The standard InChI is InChI=1S/C16H22N2O3/c1-20-14-6-4-13(5-7-14)17-16(19)18-9-8-15(10-18)21-11-12-2-3-12/h4-7,12,15H,2-3,8-11H2,1H3,(H,17,19). The zero-order valence-electron chi connectivity index (χ0n) is 12.4. The van der Waals surface area contributed by atoms with Gasteiger partial charge in [0.2, 0.25) is 0 Å². The number of anilines is 1. The maximum Gasteiger partial charge on any atom is 0.321 e. The summed E-state index contributed by atoms with van der Waals surface area (Å²) < 4.78 is 10.9. The van der Waals surface area contributed by atoms with Gasteiger partial charge in [-0.1, -0.05) is 0 Å². The Labute approximate surface area is 125 Å². The van der Waals surface area contributed by atoms with Crippen LogP contribution in [-0.2, 0) is 4.74 Å². The first kappa shape index (κ1) is 14.2. The van der Waals surface area contributed by atoms with Gasteiger partial charge in [-0.2, -0.15) is 0 Å². The Hall–Kier alpha value is -1.75. The van der Waals surface area contributed by atoms with Gasteiger partial charge in [0.15, 0.2) is 0 Å². The van der Waals surface area contributed by atoms with E-state index < -0.39 is 0 Å². The lowest BCUT2D eigenvalue weighted by atomic mass is 10.3. The molecule has 0 spiro atoms. The van der Waals surface area contributed by atoms with E-state index in [0.717, 1.165) is 36.9 Å². The molecule has 1 heterocycles. The molecular weight excluding hydrogens is 268 g/mol. The number of carbonyl (C=O) groups excluding carboxylic acids is 1. The van der Waals surface area contributed by atoms with Gasteiger partial charge in [-0.15, -0.1) is 0 Å². The van der Waals surface area contributed by atoms with Crippen molar-refractivity contribution in [2.75, 3.05) is 32.1 Å². The van der Waals surface area contributed by atoms with Crippen LogP contribution in [0, 0.1) is 5.92 Å². The first-order valence-corrected chi connectivity index (χ1v) is 7.56. The molecule has 0 aromatic heterocycles. The van der Waals surface area contributed by atoms with Crippen LogP contribution in [0.2, 0.25) is 0 Å². The van der Waals surface area contributed by atoms with Gasteiger partial charge < -0.3 is 19.7 Å². The van der Waals surface area contributed by atoms with Crippen LogP contribution in [0.25, 0.3) is 0 Å². The monoisotopic (exact) mass is 290 g/mol. The smallest absolute Gasteiger partial charge is 0.321 e. The molecule has 0 bridgehead atoms. The zero-order chi connectivity index (χ0) is 14.7. The highest BCUT2D eigenvalue weighted by Crippen LogP contribution is 2.30. The molecule has 114 valence electrons. The lowest BCUT2D eigenvalue weighted by Gasteiger charge is -2.17. The molecule has 1 N–H and O–H groups in total. The summed E-state index contributed by atoms with van der Waals surface area (Å²) in [5.74, 6) is 1.55. The maximum atomic E-state index is 12.2. The van der Waals surface area contributed by atoms with Crippen molar-refractivity contribution in [3.05, 3.63) is 24.3 Å². The zero-order valence-corrected chi connectivity index (χ0v) is 12.4. The van der Waals surface area contributed by atoms with E-state index in [4.69, 9.17) is 9.47 Å². The minimum absolute atomic E-state index is 0.0577. The van der Waals surface area contributed by atoms with Gasteiger partial charge in [-0.25, -0.2) is 4.79 Å². The number of carbonyl (C=O) groups is 1. The molecule has 1 saturated carbocycles. The molecular formula is C16H22N2O3. The van der Waals surface area contributed by atoms with Gasteiger partial charge in [-0.05, 0) is 49.4 Å². The lowest BCUT2D eigenvalue weighted by molar-refractivity contribution is 0.0543. The molecule has 1 aromatic carbocycles. The topological polar surface area (TPSA) is 50.8 Å². The Kier molecular flexibility index (Phi) is 4.29. The largest absolute Gasteiger partial charge is 0.497 e. The summed E-state index contributed by atoms with van der Waals surface area (Å²) in [5.41, 5.74) is 0.781. The van der Waals surface area contributed by atoms with Crippen molar-refractivity contribution in [1.29, 1.82) is 0 Å². The number of benzene rings is 1. The highest BCUT2D eigenvalue weighted by molar-refractivity contribution is 5.89. The van der Waals surface area contributed by atoms with Crippen LogP contribution in [0.5, 0.6) is 5.75 Å². The Morgan fingerprint density at radius 1 is 1.29 bits per heavy atom. The molecule has 2 aliphatic rings. The van der Waals surface area contributed by atoms with Crippen molar-refractivity contribution in [2.24, 2.45) is 5.92 Å². The Balaban J connectivity index is 1.46. The van der Waals surface area contributed by atoms with Gasteiger partial charge in [0, 0.05) is 25.4 Å². The fourth-order valence-electron chi connectivity index (χ4n) is 2.48. The normalized spacial score (nSPS) is 21.4. The number of nitrogens with zero attached hydrogens (tertiary/aromatic N) is 1. The van der Waals surface area contributed by atoms with E-state index in [2.05, 4.69) is 5.32 Å². The molecule has 3 rings (SSSR count). The van der Waals surface area contributed by atoms with Crippen molar-refractivity contribution in [3.63, 3.8) is 0 Å². The highest BCUT2D eigenvalue weighted by atomic mass is 16.5. The number of nitrogens with one attached hydrogen (secondary N) is 1. The van der Waals surface area contributed by atoms with Crippen molar-refractivity contribution >= 4 is 11.7 Å². The van der Waals surface area contributed by atoms with Crippen molar-refractivity contribution in [3.8, 4) is 5.75 Å². The molecule has 1 aliphatic carbocycles. The van der Waals surface area contributed by atoms with E-state index >= 15 is 0 Å². The summed E-state index contributed by atoms with van der Waals surface area (Å²) >= 11 is 0. The highest BCUT2D eigenvalue weighted by Gasteiger charge is 2.29. The number of hydrogen-bond acceptors (Lipinski definition) is 3. The van der Waals surface area contributed by atoms with E-state index in [9.17, 15) is 4.79 Å². The Morgan fingerprint density at radius 3 is 2.71 bits per heavy atom. The summed E-state index contributed by atoms with van der Waals surface area (Å²) in [6, 6.07) is 7.29. The van der Waals surface area contributed by atoms with Crippen LogP contribution >= 0.6 is 0 Å². The van der Waals surface area contributed by atoms with Crippen LogP contribution in [0.3, 0.4) is 0 Å². The summed E-state index contributed by atoms with van der Waals surface area (Å²) in [4.78, 5) is 14.0. The predicted octanol–water partition coefficient (Wildman–Crippen LogP) is 2.73. The van der Waals surface area contributed by atoms with Gasteiger partial charge in [-0.3, -0.25) is 0 Å². The number of urea groups is 1. The van der Waals surface area contributed by atoms with Crippen molar-refractivity contribution < 1.29 is 14.3 Å². The lowest BCUT2D eigenvalue weighted by Crippen LogP contribution is -2.34. The molecule has 0 radical (unpaired) electrons. The molecule has 5 nitrogen and oxygen atoms in total. The van der Waals surface area contributed by atoms with Gasteiger partial charge in [0.25, 0.3) is 0 Å². The van der Waals surface area contributed by atoms with E-state index in [0.29, 0.717) is 6.54 Å². The summed E-state index contributed by atoms with van der Waals surface area (Å²) in [6.45, 7) is 2.31. The average molecular weight is 290 g/mol. The summed E-state index contributed by atoms with van der Waals surface area (Å²) in [6.07, 6.45) is 3.73. The molecule has 5 heteroatoms. The molecule has 1 saturated heterocycles. The molecule has 1 aliphatic heterocycles. The number of amides is 2. The molecule has 2 amide bonds. The minimum Gasteiger partial charge on any atom is -0.497 e. The van der Waals surface area contributed by atoms with Gasteiger partial charge >= 0.3 is 6.03 Å². The molecule has 1 unspecified atom stereocenters. The van der Waals surface area contributed by atoms with Crippen LogP contribution in [0.15, 0.2) is 24.3 Å². The van der Waals surface area contributed by atoms with Crippen molar-refractivity contribution in [2.45, 2.75) is 25.4 Å². The fourth-order valence-corrected chi connectivity index (χ4v) is 2.48. The van der Waals surface area contributed by atoms with E-state index in [1.54, 1.807) is 7.11 Å². The second-order valence-electron chi connectivity index (χ2n) is 5.79. The molecule has 21 heavy (non-hydrogen) atoms. The Morgan fingerprint density at radius 2 is 2.05 bits per heavy atom. The van der Waals surface area contributed by atoms with Crippen LogP contribution in [-0.4, -0.2) is 43.8 Å². The second-order valence-corrected chi connectivity index (χ2v) is 5.79. The Bertz CT molecular complexity index is 485. The SMILES string of the molecule is COc1ccc(NC(=O)N2CCC(OCC3CC3)C2)cc1. The van der Waals surface area contributed by atoms with Gasteiger partial charge in [0.1, 0.15) is 5.75 Å². The predicted molar refractivity (Wildman–Crippen MR) is 80.7 cm³/mol. The fraction of sp³-hybridized carbons (Fsp3) is 0.562. The number of rotatable bonds is 5. The summed E-state index contributed by atoms with van der Waals surface area (Å²) in [5, 5.41) is 2.91. The van der Waals surface area contributed by atoms with Crippen molar-refractivity contribution in [1.82, 2.24) is 4.90 Å². The third-order valence-electron chi connectivity index (χ3n) is 4.04. The maximum absolute atomic E-state index is 12.2. The molecule has 1 atom stereocenters. The van der Waals surface area contributed by atoms with E-state index in [1.807, 2.05) is 29.2 Å². The van der Waals surface area contributed by atoms with E-state index in [1.165, 1.54) is 12.8 Å². The second kappa shape index (κ2) is 6.35. The first-order chi connectivity index (χ1) is 10.2. The minimum atomic E-state index is -0.0577. The number of methoxy groups -OCH3 is 1. The quantitative estimate of drug-likeness (QED) is 0.907.